The Morgan fingerprint density at radius 2 is 2.04 bits per heavy atom. The van der Waals surface area contributed by atoms with Gasteiger partial charge in [-0.25, -0.2) is 0 Å². The van der Waals surface area contributed by atoms with Crippen LogP contribution in [0.15, 0.2) is 0 Å². The van der Waals surface area contributed by atoms with Crippen LogP contribution in [0.4, 0.5) is 0 Å². The molecule has 1 aliphatic rings. The summed E-state index contributed by atoms with van der Waals surface area (Å²) in [6.45, 7) is 3.71. The van der Waals surface area contributed by atoms with Crippen LogP contribution in [0.3, 0.4) is 0 Å². The second kappa shape index (κ2) is 9.55. The van der Waals surface area contributed by atoms with Gasteiger partial charge in [-0.1, -0.05) is 19.8 Å². The Balaban J connectivity index is 2.55. The van der Waals surface area contributed by atoms with Crippen LogP contribution in [0.5, 0.6) is 0 Å². The Bertz CT molecular complexity index is 539. The molecule has 0 radical (unpaired) electrons. The van der Waals surface area contributed by atoms with Gasteiger partial charge >= 0.3 is 0 Å². The Morgan fingerprint density at radius 3 is 2.58 bits per heavy atom. The number of hydrogen-bond acceptors (Lipinski definition) is 4. The maximum atomic E-state index is 12.2. The second-order valence-electron chi connectivity index (χ2n) is 6.05. The Kier molecular flexibility index (Phi) is 7.75. The van der Waals surface area contributed by atoms with Gasteiger partial charge in [0.1, 0.15) is 12.1 Å². The molecule has 132 valence electrons. The third kappa shape index (κ3) is 6.69. The van der Waals surface area contributed by atoms with Crippen LogP contribution in [-0.4, -0.2) is 48.8 Å². The first-order valence-corrected chi connectivity index (χ1v) is 7.91. The predicted octanol–water partition coefficient (Wildman–Crippen LogP) is -1.34. The van der Waals surface area contributed by atoms with Gasteiger partial charge in [0.2, 0.25) is 23.6 Å². The van der Waals surface area contributed by atoms with E-state index in [0.29, 0.717) is 19.3 Å². The number of terminal acetylenes is 1. The monoisotopic (exact) mass is 336 g/mol. The van der Waals surface area contributed by atoms with E-state index in [1.54, 1.807) is 0 Å². The molecular weight excluding hydrogens is 312 g/mol. The van der Waals surface area contributed by atoms with Crippen LogP contribution in [0.2, 0.25) is 0 Å². The molecule has 0 saturated carbocycles. The smallest absolute Gasteiger partial charge is 0.243 e. The van der Waals surface area contributed by atoms with Crippen molar-refractivity contribution in [1.29, 1.82) is 0 Å². The first-order valence-electron chi connectivity index (χ1n) is 7.91. The number of hydrogen-bond donors (Lipinski definition) is 4. The molecule has 1 fully saturated rings. The maximum Gasteiger partial charge on any atom is 0.243 e. The quantitative estimate of drug-likeness (QED) is 0.411. The van der Waals surface area contributed by atoms with Crippen molar-refractivity contribution in [3.8, 4) is 12.3 Å². The summed E-state index contributed by atoms with van der Waals surface area (Å²) in [5.74, 6) is 1.00. The van der Waals surface area contributed by atoms with Crippen molar-refractivity contribution in [3.05, 3.63) is 0 Å². The number of carbonyl (C=O) groups excluding carboxylic acids is 4. The normalized spacial score (nSPS) is 17.6. The molecule has 1 heterocycles. The number of amides is 4. The van der Waals surface area contributed by atoms with Crippen LogP contribution >= 0.6 is 0 Å². The zero-order valence-corrected chi connectivity index (χ0v) is 14.0. The predicted molar refractivity (Wildman–Crippen MR) is 87.4 cm³/mol. The molecule has 4 amide bonds. The van der Waals surface area contributed by atoms with E-state index in [0.717, 1.165) is 0 Å². The Labute approximate surface area is 141 Å². The first-order chi connectivity index (χ1) is 11.3. The number of nitrogens with one attached hydrogen (secondary N) is 4. The number of carbonyl (C=O) groups is 4. The highest BCUT2D eigenvalue weighted by Crippen LogP contribution is 2.09. The minimum Gasteiger partial charge on any atom is -0.345 e. The summed E-state index contributed by atoms with van der Waals surface area (Å²) >= 11 is 0. The zero-order valence-electron chi connectivity index (χ0n) is 14.0. The van der Waals surface area contributed by atoms with Gasteiger partial charge in [-0.15, -0.1) is 6.42 Å². The highest BCUT2D eigenvalue weighted by atomic mass is 16.2. The van der Waals surface area contributed by atoms with E-state index < -0.39 is 29.8 Å². The summed E-state index contributed by atoms with van der Waals surface area (Å²) < 4.78 is 0. The molecule has 0 aromatic carbocycles. The first kappa shape index (κ1) is 19.5. The van der Waals surface area contributed by atoms with Gasteiger partial charge in [0.15, 0.2) is 0 Å². The van der Waals surface area contributed by atoms with E-state index in [-0.39, 0.29) is 24.9 Å². The third-order valence-electron chi connectivity index (χ3n) is 3.46. The van der Waals surface area contributed by atoms with Crippen LogP contribution in [0, 0.1) is 18.3 Å². The second-order valence-corrected chi connectivity index (χ2v) is 6.05. The summed E-state index contributed by atoms with van der Waals surface area (Å²) in [4.78, 5) is 47.1. The molecule has 1 saturated heterocycles. The van der Waals surface area contributed by atoms with E-state index >= 15 is 0 Å². The summed E-state index contributed by atoms with van der Waals surface area (Å²) in [5.41, 5.74) is 0. The van der Waals surface area contributed by atoms with Gasteiger partial charge in [-0.05, 0) is 18.8 Å². The van der Waals surface area contributed by atoms with Gasteiger partial charge < -0.3 is 21.3 Å². The lowest BCUT2D eigenvalue weighted by Crippen LogP contribution is -2.53. The van der Waals surface area contributed by atoms with Crippen molar-refractivity contribution < 1.29 is 19.2 Å². The summed E-state index contributed by atoms with van der Waals surface area (Å²) in [6.07, 6.45) is 6.16. The van der Waals surface area contributed by atoms with Crippen molar-refractivity contribution >= 4 is 23.6 Å². The fourth-order valence-corrected chi connectivity index (χ4v) is 2.29. The molecule has 8 heteroatoms. The van der Waals surface area contributed by atoms with Crippen LogP contribution in [0.1, 0.15) is 33.1 Å². The summed E-state index contributed by atoms with van der Waals surface area (Å²) in [6, 6.07) is -1.38. The van der Waals surface area contributed by atoms with Gasteiger partial charge in [0.25, 0.3) is 0 Å². The molecule has 24 heavy (non-hydrogen) atoms. The highest BCUT2D eigenvalue weighted by Gasteiger charge is 2.30. The van der Waals surface area contributed by atoms with E-state index in [1.165, 1.54) is 0 Å². The zero-order chi connectivity index (χ0) is 18.1. The van der Waals surface area contributed by atoms with Crippen LogP contribution in [-0.2, 0) is 19.2 Å². The van der Waals surface area contributed by atoms with Crippen molar-refractivity contribution in [2.45, 2.75) is 45.2 Å². The largest absolute Gasteiger partial charge is 0.345 e. The summed E-state index contributed by atoms with van der Waals surface area (Å²) in [5, 5.41) is 10.1. The molecule has 1 aliphatic heterocycles. The molecule has 0 aromatic heterocycles. The molecule has 0 aliphatic carbocycles. The molecule has 0 bridgehead atoms. The van der Waals surface area contributed by atoms with Crippen LogP contribution in [0.25, 0.3) is 0 Å². The average molecular weight is 336 g/mol. The molecule has 4 N–H and O–H groups in total. The Hall–Kier alpha value is -2.56. The number of rotatable bonds is 8. The van der Waals surface area contributed by atoms with E-state index in [2.05, 4.69) is 27.2 Å². The molecule has 2 atom stereocenters. The SMILES string of the molecule is C#CCNC(=O)CNC(=O)[C@H](CC(C)C)NC(=O)[C@@H]1CCC(=O)N1. The van der Waals surface area contributed by atoms with Gasteiger partial charge in [0, 0.05) is 6.42 Å². The molecule has 8 nitrogen and oxygen atoms in total. The van der Waals surface area contributed by atoms with Crippen molar-refractivity contribution in [2.75, 3.05) is 13.1 Å². The molecule has 0 spiro atoms. The molecule has 0 aromatic rings. The minimum atomic E-state index is -0.768. The minimum absolute atomic E-state index is 0.0856. The van der Waals surface area contributed by atoms with Crippen molar-refractivity contribution in [3.63, 3.8) is 0 Å². The van der Waals surface area contributed by atoms with E-state index in [1.807, 2.05) is 13.8 Å². The van der Waals surface area contributed by atoms with E-state index in [4.69, 9.17) is 6.42 Å². The lowest BCUT2D eigenvalue weighted by atomic mass is 10.0. The highest BCUT2D eigenvalue weighted by molar-refractivity contribution is 5.94. The third-order valence-corrected chi connectivity index (χ3v) is 3.46. The molecule has 0 unspecified atom stereocenters. The van der Waals surface area contributed by atoms with Crippen molar-refractivity contribution in [2.24, 2.45) is 5.92 Å². The average Bonchev–Trinajstić information content (AvgIpc) is 2.96. The fourth-order valence-electron chi connectivity index (χ4n) is 2.29. The van der Waals surface area contributed by atoms with Gasteiger partial charge in [-0.3, -0.25) is 19.2 Å². The van der Waals surface area contributed by atoms with Crippen LogP contribution < -0.4 is 21.3 Å². The molecule has 1 rings (SSSR count). The topological polar surface area (TPSA) is 116 Å². The van der Waals surface area contributed by atoms with E-state index in [9.17, 15) is 19.2 Å². The fraction of sp³-hybridized carbons (Fsp3) is 0.625. The lowest BCUT2D eigenvalue weighted by Gasteiger charge is -2.21. The maximum absolute atomic E-state index is 12.2. The van der Waals surface area contributed by atoms with Gasteiger partial charge in [-0.2, -0.15) is 0 Å². The summed E-state index contributed by atoms with van der Waals surface area (Å²) in [7, 11) is 0. The lowest BCUT2D eigenvalue weighted by molar-refractivity contribution is -0.131. The van der Waals surface area contributed by atoms with Crippen molar-refractivity contribution in [1.82, 2.24) is 21.3 Å². The van der Waals surface area contributed by atoms with Gasteiger partial charge in [0.05, 0.1) is 13.1 Å². The molecular formula is C16H24N4O4. The Morgan fingerprint density at radius 1 is 1.33 bits per heavy atom. The standard InChI is InChI=1S/C16H24N4O4/c1-4-7-17-14(22)9-18-15(23)12(8-10(2)3)20-16(24)11-5-6-13(21)19-11/h1,10-12H,5-9H2,2-3H3,(H,17,22)(H,18,23)(H,19,21)(H,20,24)/t11-,12-/m0/s1.